The molecule has 32 heavy (non-hydrogen) atoms. The molecule has 0 aliphatic carbocycles. The maximum absolute atomic E-state index is 11.3. The van der Waals surface area contributed by atoms with E-state index in [4.69, 9.17) is 9.47 Å². The van der Waals surface area contributed by atoms with E-state index < -0.39 is 7.26 Å². The summed E-state index contributed by atoms with van der Waals surface area (Å²) >= 11 is 0. The van der Waals surface area contributed by atoms with Gasteiger partial charge in [0, 0.05) is 12.1 Å². The Labute approximate surface area is 187 Å². The molecule has 5 nitrogen and oxygen atoms in total. The van der Waals surface area contributed by atoms with Crippen LogP contribution in [0.1, 0.15) is 0 Å². The average Bonchev–Trinajstić information content (AvgIpc) is 2.86. The van der Waals surface area contributed by atoms with Crippen molar-refractivity contribution < 1.29 is 14.4 Å². The molecule has 4 aromatic carbocycles. The van der Waals surface area contributed by atoms with Crippen LogP contribution in [0.5, 0.6) is 11.5 Å². The third-order valence-corrected chi connectivity index (χ3v) is 9.80. The zero-order chi connectivity index (χ0) is 22.6. The van der Waals surface area contributed by atoms with E-state index >= 15 is 0 Å². The van der Waals surface area contributed by atoms with Crippen LogP contribution in [0, 0.1) is 10.1 Å². The molecule has 4 aromatic rings. The first-order valence-electron chi connectivity index (χ1n) is 10.1. The molecule has 0 fully saturated rings. The van der Waals surface area contributed by atoms with E-state index in [2.05, 4.69) is 36.4 Å². The Morgan fingerprint density at radius 2 is 0.969 bits per heavy atom. The van der Waals surface area contributed by atoms with Crippen LogP contribution in [0.25, 0.3) is 0 Å². The number of benzene rings is 4. The van der Waals surface area contributed by atoms with Gasteiger partial charge in [0.2, 0.25) is 0 Å². The Morgan fingerprint density at radius 1 is 0.594 bits per heavy atom. The normalized spacial score (nSPS) is 11.1. The number of nitro benzene ring substituents is 1. The van der Waals surface area contributed by atoms with E-state index in [0.29, 0.717) is 0 Å². The number of hydrogen-bond donors (Lipinski definition) is 0. The minimum atomic E-state index is -2.35. The average molecular weight is 444 g/mol. The van der Waals surface area contributed by atoms with Gasteiger partial charge in [-0.3, -0.25) is 10.1 Å². The van der Waals surface area contributed by atoms with Gasteiger partial charge in [-0.2, -0.15) is 0 Å². The number of hydrogen-bond acceptors (Lipinski definition) is 4. The lowest BCUT2D eigenvalue weighted by atomic mass is 10.3. The van der Waals surface area contributed by atoms with Crippen LogP contribution in [0.15, 0.2) is 103 Å². The fourth-order valence-electron chi connectivity index (χ4n) is 3.96. The van der Waals surface area contributed by atoms with Gasteiger partial charge in [0.1, 0.15) is 40.0 Å². The number of ether oxygens (including phenoxy) is 2. The highest BCUT2D eigenvalue weighted by Gasteiger charge is 2.48. The summed E-state index contributed by atoms with van der Waals surface area (Å²) in [5.74, 6) is 1.55. The largest absolute Gasteiger partial charge is 0.497 e. The van der Waals surface area contributed by atoms with E-state index in [9.17, 15) is 10.1 Å². The number of nitrogens with zero attached hydrogens (tertiary/aromatic N) is 1. The van der Waals surface area contributed by atoms with Crippen molar-refractivity contribution >= 4 is 34.2 Å². The van der Waals surface area contributed by atoms with Crippen LogP contribution < -0.4 is 30.7 Å². The summed E-state index contributed by atoms with van der Waals surface area (Å²) in [7, 11) is 0.944. The second-order valence-electron chi connectivity index (χ2n) is 7.18. The topological polar surface area (TPSA) is 61.6 Å². The van der Waals surface area contributed by atoms with Crippen molar-refractivity contribution in [3.05, 3.63) is 113 Å². The first kappa shape index (κ1) is 21.5. The Morgan fingerprint density at radius 3 is 1.34 bits per heavy atom. The van der Waals surface area contributed by atoms with Crippen molar-refractivity contribution in [2.24, 2.45) is 0 Å². The molecule has 0 unspecified atom stereocenters. The Hall–Kier alpha value is -3.69. The zero-order valence-electron chi connectivity index (χ0n) is 17.8. The van der Waals surface area contributed by atoms with Crippen LogP contribution in [0.4, 0.5) is 5.69 Å². The zero-order valence-corrected chi connectivity index (χ0v) is 18.7. The summed E-state index contributed by atoms with van der Waals surface area (Å²) in [6.07, 6.45) is 0. The molecule has 0 radical (unpaired) electrons. The molecule has 0 amide bonds. The molecule has 0 bridgehead atoms. The smallest absolute Gasteiger partial charge is 0.269 e. The number of rotatable bonds is 7. The Bertz CT molecular complexity index is 1140. The SMILES string of the molecule is COc1ccc([P+](c2ccccc2)(c2ccc(OC)cc2)c2ccc([N+](=O)[O-])cc2)cc1. The molecule has 0 aliphatic rings. The van der Waals surface area contributed by atoms with Crippen molar-refractivity contribution in [2.45, 2.75) is 0 Å². The lowest BCUT2D eigenvalue weighted by Crippen LogP contribution is -2.38. The second-order valence-corrected chi connectivity index (χ2v) is 10.6. The summed E-state index contributed by atoms with van der Waals surface area (Å²) in [5.41, 5.74) is 0.0735. The van der Waals surface area contributed by atoms with Crippen LogP contribution in [0.3, 0.4) is 0 Å². The monoisotopic (exact) mass is 444 g/mol. The van der Waals surface area contributed by atoms with Gasteiger partial charge in [-0.15, -0.1) is 0 Å². The molecular formula is C26H23NO4P+. The third kappa shape index (κ3) is 3.83. The summed E-state index contributed by atoms with van der Waals surface area (Å²) in [6, 6.07) is 33.4. The van der Waals surface area contributed by atoms with Gasteiger partial charge < -0.3 is 9.47 Å². The van der Waals surface area contributed by atoms with Crippen LogP contribution in [-0.2, 0) is 0 Å². The van der Waals surface area contributed by atoms with Gasteiger partial charge in [0.25, 0.3) is 5.69 Å². The molecule has 0 aromatic heterocycles. The number of non-ortho nitro benzene ring substituents is 1. The molecule has 0 N–H and O–H groups in total. The van der Waals surface area contributed by atoms with Crippen molar-refractivity contribution in [1.82, 2.24) is 0 Å². The van der Waals surface area contributed by atoms with Gasteiger partial charge in [0.15, 0.2) is 0 Å². The molecular weight excluding hydrogens is 421 g/mol. The Kier molecular flexibility index (Phi) is 6.20. The molecule has 0 saturated heterocycles. The molecule has 0 heterocycles. The Balaban J connectivity index is 2.06. The fourth-order valence-corrected chi connectivity index (χ4v) is 8.15. The first-order chi connectivity index (χ1) is 15.6. The number of nitro groups is 1. The van der Waals surface area contributed by atoms with Gasteiger partial charge in [-0.1, -0.05) is 18.2 Å². The molecule has 0 aliphatic heterocycles. The van der Waals surface area contributed by atoms with Crippen LogP contribution in [-0.4, -0.2) is 19.1 Å². The second kappa shape index (κ2) is 9.21. The maximum atomic E-state index is 11.3. The third-order valence-electron chi connectivity index (χ3n) is 5.51. The standard InChI is InChI=1S/C26H23NO4P/c1-30-21-10-16-25(17-11-21)32(23-6-4-3-5-7-23,26-18-12-22(31-2)13-19-26)24-14-8-20(9-15-24)27(28)29/h3-19H,1-2H3/q+1. The van der Waals surface area contributed by atoms with Crippen molar-refractivity contribution in [3.63, 3.8) is 0 Å². The van der Waals surface area contributed by atoms with E-state index in [1.54, 1.807) is 26.4 Å². The van der Waals surface area contributed by atoms with Crippen molar-refractivity contribution in [1.29, 1.82) is 0 Å². The highest BCUT2D eigenvalue weighted by Crippen LogP contribution is 2.54. The van der Waals surface area contributed by atoms with Crippen LogP contribution >= 0.6 is 7.26 Å². The minimum absolute atomic E-state index is 0.0735. The highest BCUT2D eigenvalue weighted by molar-refractivity contribution is 8.01. The van der Waals surface area contributed by atoms with Gasteiger partial charge in [-0.05, 0) is 72.8 Å². The minimum Gasteiger partial charge on any atom is -0.497 e. The number of methoxy groups -OCH3 is 2. The first-order valence-corrected chi connectivity index (χ1v) is 11.9. The summed E-state index contributed by atoms with van der Waals surface area (Å²) in [6.45, 7) is 0. The maximum Gasteiger partial charge on any atom is 0.269 e. The summed E-state index contributed by atoms with van der Waals surface area (Å²) < 4.78 is 10.8. The van der Waals surface area contributed by atoms with E-state index in [-0.39, 0.29) is 10.6 Å². The molecule has 0 spiro atoms. The van der Waals surface area contributed by atoms with E-state index in [1.165, 1.54) is 0 Å². The molecule has 6 heteroatoms. The van der Waals surface area contributed by atoms with E-state index in [0.717, 1.165) is 32.7 Å². The summed E-state index contributed by atoms with van der Waals surface area (Å²) in [4.78, 5) is 10.9. The van der Waals surface area contributed by atoms with Crippen molar-refractivity contribution in [3.8, 4) is 11.5 Å². The van der Waals surface area contributed by atoms with Crippen molar-refractivity contribution in [2.75, 3.05) is 14.2 Å². The molecule has 4 rings (SSSR count). The predicted octanol–water partition coefficient (Wildman–Crippen LogP) is 4.23. The molecule has 0 saturated carbocycles. The van der Waals surface area contributed by atoms with Gasteiger partial charge in [-0.25, -0.2) is 0 Å². The molecule has 160 valence electrons. The lowest BCUT2D eigenvalue weighted by molar-refractivity contribution is -0.384. The fraction of sp³-hybridized carbons (Fsp3) is 0.0769. The van der Waals surface area contributed by atoms with E-state index in [1.807, 2.05) is 54.6 Å². The predicted molar refractivity (Wildman–Crippen MR) is 131 cm³/mol. The quantitative estimate of drug-likeness (QED) is 0.243. The summed E-state index contributed by atoms with van der Waals surface area (Å²) in [5, 5.41) is 15.7. The lowest BCUT2D eigenvalue weighted by Gasteiger charge is -2.27. The highest BCUT2D eigenvalue weighted by atomic mass is 31.2. The van der Waals surface area contributed by atoms with Gasteiger partial charge in [0.05, 0.1) is 19.1 Å². The van der Waals surface area contributed by atoms with Crippen LogP contribution in [0.2, 0.25) is 0 Å². The van der Waals surface area contributed by atoms with Gasteiger partial charge >= 0.3 is 0 Å². The molecule has 0 atom stereocenters.